The van der Waals surface area contributed by atoms with Crippen LogP contribution in [0.5, 0.6) is 5.75 Å². The number of carbonyl (C=O) groups excluding carboxylic acids is 2. The lowest BCUT2D eigenvalue weighted by molar-refractivity contribution is 0.0474. The van der Waals surface area contributed by atoms with Gasteiger partial charge in [-0.05, 0) is 30.3 Å². The summed E-state index contributed by atoms with van der Waals surface area (Å²) in [6.07, 6.45) is 1.24. The minimum Gasteiger partial charge on any atom is -0.494 e. The first kappa shape index (κ1) is 15.9. The first-order valence-corrected chi connectivity index (χ1v) is 6.54. The van der Waals surface area contributed by atoms with E-state index >= 15 is 0 Å². The number of methoxy groups -OCH3 is 1. The van der Waals surface area contributed by atoms with Gasteiger partial charge in [0.1, 0.15) is 5.15 Å². The smallest absolute Gasteiger partial charge is 0.340 e. The number of hydrogen-bond donors (Lipinski definition) is 0. The molecule has 0 saturated heterocycles. The van der Waals surface area contributed by atoms with E-state index in [0.717, 1.165) is 6.07 Å². The molecule has 0 unspecified atom stereocenters. The summed E-state index contributed by atoms with van der Waals surface area (Å²) in [6.45, 7) is -0.507. The van der Waals surface area contributed by atoms with Crippen molar-refractivity contribution in [2.45, 2.75) is 0 Å². The minimum absolute atomic E-state index is 0.0285. The molecule has 1 aromatic carbocycles. The van der Waals surface area contributed by atoms with Crippen LogP contribution >= 0.6 is 11.6 Å². The maximum Gasteiger partial charge on any atom is 0.340 e. The Hall–Kier alpha value is -2.47. The van der Waals surface area contributed by atoms with Gasteiger partial charge in [0.2, 0.25) is 0 Å². The summed E-state index contributed by atoms with van der Waals surface area (Å²) in [5.41, 5.74) is 0.249. The zero-order valence-corrected chi connectivity index (χ0v) is 12.3. The highest BCUT2D eigenvalue weighted by Crippen LogP contribution is 2.18. The maximum atomic E-state index is 13.5. The van der Waals surface area contributed by atoms with Gasteiger partial charge in [0.05, 0.1) is 12.7 Å². The number of carbonyl (C=O) groups is 2. The van der Waals surface area contributed by atoms with Crippen molar-refractivity contribution in [3.8, 4) is 5.75 Å². The summed E-state index contributed by atoms with van der Waals surface area (Å²) < 4.78 is 23.1. The topological polar surface area (TPSA) is 65.5 Å². The molecule has 1 aromatic heterocycles. The fourth-order valence-corrected chi connectivity index (χ4v) is 1.75. The molecule has 5 nitrogen and oxygen atoms in total. The van der Waals surface area contributed by atoms with Crippen LogP contribution in [-0.4, -0.2) is 30.5 Å². The van der Waals surface area contributed by atoms with Crippen LogP contribution in [0, 0.1) is 5.82 Å². The molecule has 0 aliphatic rings. The van der Waals surface area contributed by atoms with Crippen molar-refractivity contribution < 1.29 is 23.5 Å². The van der Waals surface area contributed by atoms with E-state index in [9.17, 15) is 14.0 Å². The average molecular weight is 324 g/mol. The van der Waals surface area contributed by atoms with E-state index in [-0.39, 0.29) is 22.0 Å². The van der Waals surface area contributed by atoms with Gasteiger partial charge in [0, 0.05) is 11.8 Å². The third-order valence-electron chi connectivity index (χ3n) is 2.77. The number of Topliss-reactive ketones (excluding diaryl/α,β-unsaturated/α-hetero) is 1. The molecule has 0 aliphatic heterocycles. The van der Waals surface area contributed by atoms with E-state index in [2.05, 4.69) is 4.98 Å². The Morgan fingerprint density at radius 1 is 1.23 bits per heavy atom. The molecule has 7 heteroatoms. The van der Waals surface area contributed by atoms with Crippen molar-refractivity contribution in [3.63, 3.8) is 0 Å². The van der Waals surface area contributed by atoms with E-state index in [1.165, 1.54) is 37.6 Å². The van der Waals surface area contributed by atoms with Crippen LogP contribution in [-0.2, 0) is 4.74 Å². The van der Waals surface area contributed by atoms with Crippen molar-refractivity contribution in [3.05, 3.63) is 58.6 Å². The Labute approximate surface area is 130 Å². The first-order chi connectivity index (χ1) is 10.5. The highest BCUT2D eigenvalue weighted by atomic mass is 35.5. The van der Waals surface area contributed by atoms with E-state index < -0.39 is 24.2 Å². The summed E-state index contributed by atoms with van der Waals surface area (Å²) in [5.74, 6) is -1.88. The Morgan fingerprint density at radius 2 is 1.95 bits per heavy atom. The van der Waals surface area contributed by atoms with Gasteiger partial charge in [-0.15, -0.1) is 0 Å². The number of aromatic nitrogens is 1. The Balaban J connectivity index is 1.99. The molecule has 0 atom stereocenters. The summed E-state index contributed by atoms with van der Waals surface area (Å²) >= 11 is 5.60. The lowest BCUT2D eigenvalue weighted by Crippen LogP contribution is -2.14. The van der Waals surface area contributed by atoms with E-state index in [1.807, 2.05) is 0 Å². The van der Waals surface area contributed by atoms with Crippen LogP contribution in [0.15, 0.2) is 36.5 Å². The van der Waals surface area contributed by atoms with Gasteiger partial charge < -0.3 is 9.47 Å². The molecule has 0 fully saturated rings. The Bertz CT molecular complexity index is 703. The Morgan fingerprint density at radius 3 is 2.55 bits per heavy atom. The molecule has 0 spiro atoms. The lowest BCUT2D eigenvalue weighted by atomic mass is 10.1. The Kier molecular flexibility index (Phi) is 5.06. The fraction of sp³-hybridized carbons (Fsp3) is 0.133. The standard InChI is InChI=1S/C15H11ClFNO4/c1-21-13-4-2-9(6-11(13)17)12(19)8-22-15(20)10-3-5-14(16)18-7-10/h2-7H,8H2,1H3. The number of ketones is 1. The molecule has 2 aromatic rings. The normalized spacial score (nSPS) is 10.1. The second-order valence-corrected chi connectivity index (χ2v) is 4.61. The van der Waals surface area contributed by atoms with Crippen LogP contribution in [0.25, 0.3) is 0 Å². The van der Waals surface area contributed by atoms with Crippen molar-refractivity contribution in [1.82, 2.24) is 4.98 Å². The van der Waals surface area contributed by atoms with Crippen LogP contribution in [0.4, 0.5) is 4.39 Å². The summed E-state index contributed by atoms with van der Waals surface area (Å²) in [4.78, 5) is 27.3. The summed E-state index contributed by atoms with van der Waals surface area (Å²) in [6, 6.07) is 6.60. The number of nitrogens with zero attached hydrogens (tertiary/aromatic N) is 1. The fourth-order valence-electron chi connectivity index (χ4n) is 1.63. The van der Waals surface area contributed by atoms with Gasteiger partial charge in [-0.2, -0.15) is 0 Å². The molecule has 1 heterocycles. The molecule has 0 aliphatic carbocycles. The minimum atomic E-state index is -0.716. The largest absolute Gasteiger partial charge is 0.494 e. The third kappa shape index (κ3) is 3.79. The molecule has 0 amide bonds. The number of hydrogen-bond acceptors (Lipinski definition) is 5. The highest BCUT2D eigenvalue weighted by Gasteiger charge is 2.14. The molecular weight excluding hydrogens is 313 g/mol. The monoisotopic (exact) mass is 323 g/mol. The van der Waals surface area contributed by atoms with Crippen LogP contribution in [0.2, 0.25) is 5.15 Å². The number of pyridine rings is 1. The van der Waals surface area contributed by atoms with E-state index in [0.29, 0.717) is 0 Å². The maximum absolute atomic E-state index is 13.5. The summed E-state index contributed by atoms with van der Waals surface area (Å²) in [5, 5.41) is 0.237. The van der Waals surface area contributed by atoms with E-state index in [4.69, 9.17) is 21.1 Å². The molecule has 114 valence electrons. The van der Waals surface area contributed by atoms with Crippen LogP contribution in [0.3, 0.4) is 0 Å². The zero-order valence-electron chi connectivity index (χ0n) is 11.5. The second-order valence-electron chi connectivity index (χ2n) is 4.22. The van der Waals surface area contributed by atoms with Crippen LogP contribution < -0.4 is 4.74 Å². The van der Waals surface area contributed by atoms with Crippen molar-refractivity contribution in [2.24, 2.45) is 0 Å². The molecular formula is C15H11ClFNO4. The van der Waals surface area contributed by atoms with Crippen LogP contribution in [0.1, 0.15) is 20.7 Å². The van der Waals surface area contributed by atoms with Gasteiger partial charge in [0.25, 0.3) is 0 Å². The van der Waals surface area contributed by atoms with Crippen molar-refractivity contribution in [2.75, 3.05) is 13.7 Å². The van der Waals surface area contributed by atoms with Gasteiger partial charge in [-0.3, -0.25) is 4.79 Å². The van der Waals surface area contributed by atoms with Gasteiger partial charge >= 0.3 is 5.97 Å². The molecule has 0 saturated carbocycles. The number of benzene rings is 1. The lowest BCUT2D eigenvalue weighted by Gasteiger charge is -2.06. The predicted molar refractivity (Wildman–Crippen MR) is 76.8 cm³/mol. The third-order valence-corrected chi connectivity index (χ3v) is 2.99. The summed E-state index contributed by atoms with van der Waals surface area (Å²) in [7, 11) is 1.32. The quantitative estimate of drug-likeness (QED) is 0.481. The number of ether oxygens (including phenoxy) is 2. The average Bonchev–Trinajstić information content (AvgIpc) is 2.52. The SMILES string of the molecule is COc1ccc(C(=O)COC(=O)c2ccc(Cl)nc2)cc1F. The van der Waals surface area contributed by atoms with Crippen molar-refractivity contribution >= 4 is 23.4 Å². The molecule has 22 heavy (non-hydrogen) atoms. The number of halogens is 2. The van der Waals surface area contributed by atoms with Gasteiger partial charge in [-0.1, -0.05) is 11.6 Å². The number of esters is 1. The molecule has 2 rings (SSSR count). The number of rotatable bonds is 5. The highest BCUT2D eigenvalue weighted by molar-refractivity contribution is 6.29. The molecule has 0 bridgehead atoms. The molecule has 0 N–H and O–H groups in total. The molecule has 0 radical (unpaired) electrons. The van der Waals surface area contributed by atoms with E-state index in [1.54, 1.807) is 0 Å². The predicted octanol–water partition coefficient (Wildman–Crippen LogP) is 2.92. The first-order valence-electron chi connectivity index (χ1n) is 6.16. The zero-order chi connectivity index (χ0) is 16.1. The van der Waals surface area contributed by atoms with Gasteiger partial charge in [0.15, 0.2) is 24.0 Å². The van der Waals surface area contributed by atoms with Crippen molar-refractivity contribution in [1.29, 1.82) is 0 Å². The second kappa shape index (κ2) is 7.00. The van der Waals surface area contributed by atoms with Gasteiger partial charge in [-0.25, -0.2) is 14.2 Å².